The normalized spacial score (nSPS) is 15.0. The number of carbonyl (C=O) groups is 1. The third kappa shape index (κ3) is 26.6. The summed E-state index contributed by atoms with van der Waals surface area (Å²) < 4.78 is 0. The molecule has 6 heteroatoms. The van der Waals surface area contributed by atoms with Crippen LogP contribution in [0.3, 0.4) is 0 Å². The average Bonchev–Trinajstić information content (AvgIpc) is 3.01. The lowest BCUT2D eigenvalue weighted by Crippen LogP contribution is -2.53. The molecule has 0 aliphatic heterocycles. The highest BCUT2D eigenvalue weighted by molar-refractivity contribution is 5.80. The van der Waals surface area contributed by atoms with Crippen molar-refractivity contribution in [2.45, 2.75) is 186 Å². The van der Waals surface area contributed by atoms with Crippen LogP contribution in [0.5, 0.6) is 0 Å². The van der Waals surface area contributed by atoms with E-state index in [0.29, 0.717) is 19.3 Å². The molecule has 4 atom stereocenters. The quantitative estimate of drug-likeness (QED) is 0.0403. The summed E-state index contributed by atoms with van der Waals surface area (Å²) in [5, 5.41) is 43.3. The summed E-state index contributed by atoms with van der Waals surface area (Å²) in [5.41, 5.74) is 0. The zero-order valence-corrected chi connectivity index (χ0v) is 27.9. The Balaban J connectivity index is 3.90. The first-order valence-corrected chi connectivity index (χ1v) is 17.9. The van der Waals surface area contributed by atoms with E-state index in [0.717, 1.165) is 57.8 Å². The SMILES string of the molecule is CCCC/C=C/CC/C=C/CCCC(O)C(O)C(CO)NC(=O)C(O)CCCCCCCC/C=C\CCCCCCCC. The number of aliphatic hydroxyl groups excluding tert-OH is 4. The Bertz CT molecular complexity index is 692. The minimum atomic E-state index is -1.29. The molecule has 4 unspecified atom stereocenters. The minimum Gasteiger partial charge on any atom is -0.394 e. The van der Waals surface area contributed by atoms with Crippen LogP contribution in [0.2, 0.25) is 0 Å². The molecule has 0 saturated carbocycles. The van der Waals surface area contributed by atoms with Gasteiger partial charge in [-0.15, -0.1) is 0 Å². The number of unbranched alkanes of at least 4 members (excludes halogenated alkanes) is 16. The fourth-order valence-corrected chi connectivity index (χ4v) is 5.10. The van der Waals surface area contributed by atoms with Gasteiger partial charge in [-0.25, -0.2) is 0 Å². The lowest BCUT2D eigenvalue weighted by Gasteiger charge is -2.27. The van der Waals surface area contributed by atoms with Crippen LogP contribution in [0, 0.1) is 0 Å². The van der Waals surface area contributed by atoms with Gasteiger partial charge < -0.3 is 25.7 Å². The van der Waals surface area contributed by atoms with Crippen molar-refractivity contribution in [2.75, 3.05) is 6.61 Å². The zero-order valence-electron chi connectivity index (χ0n) is 27.9. The fraction of sp³-hybridized carbons (Fsp3) is 0.811. The molecule has 0 bridgehead atoms. The molecule has 0 fully saturated rings. The Kier molecular flexibility index (Phi) is 30.8. The Morgan fingerprint density at radius 3 is 1.53 bits per heavy atom. The molecule has 0 saturated heterocycles. The van der Waals surface area contributed by atoms with Gasteiger partial charge in [0.25, 0.3) is 0 Å². The molecule has 6 nitrogen and oxygen atoms in total. The number of amides is 1. The van der Waals surface area contributed by atoms with Crippen molar-refractivity contribution in [3.63, 3.8) is 0 Å². The van der Waals surface area contributed by atoms with E-state index in [1.54, 1.807) is 0 Å². The van der Waals surface area contributed by atoms with Gasteiger partial charge in [0.05, 0.1) is 18.8 Å². The van der Waals surface area contributed by atoms with Crippen molar-refractivity contribution in [1.82, 2.24) is 5.32 Å². The molecule has 43 heavy (non-hydrogen) atoms. The highest BCUT2D eigenvalue weighted by atomic mass is 16.3. The van der Waals surface area contributed by atoms with Gasteiger partial charge in [-0.2, -0.15) is 0 Å². The van der Waals surface area contributed by atoms with Gasteiger partial charge in [-0.3, -0.25) is 4.79 Å². The summed E-state index contributed by atoms with van der Waals surface area (Å²) in [6.45, 7) is 3.94. The Labute approximate surface area is 265 Å². The standard InChI is InChI=1S/C37H69NO5/c1-3-5-7-9-11-13-15-16-17-18-19-21-23-25-27-29-31-35(41)37(43)38-33(32-39)36(42)34(40)30-28-26-24-22-20-14-12-10-8-6-4-2/h10,12,16-17,22,24,33-36,39-42H,3-9,11,13-15,18-21,23,25-32H2,1-2H3,(H,38,43)/b12-10+,17-16-,24-22+. The molecule has 0 aromatic heterocycles. The molecule has 0 rings (SSSR count). The van der Waals surface area contributed by atoms with E-state index >= 15 is 0 Å². The number of allylic oxidation sites excluding steroid dienone is 6. The van der Waals surface area contributed by atoms with Gasteiger partial charge in [-0.05, 0) is 70.6 Å². The second-order valence-electron chi connectivity index (χ2n) is 12.2. The summed E-state index contributed by atoms with van der Waals surface area (Å²) in [5.74, 6) is -0.607. The van der Waals surface area contributed by atoms with Crippen molar-refractivity contribution in [3.8, 4) is 0 Å². The Morgan fingerprint density at radius 1 is 0.558 bits per heavy atom. The summed E-state index contributed by atoms with van der Waals surface area (Å²) in [6, 6.07) is -1.01. The average molecular weight is 608 g/mol. The lowest BCUT2D eigenvalue weighted by molar-refractivity contribution is -0.132. The predicted molar refractivity (Wildman–Crippen MR) is 182 cm³/mol. The smallest absolute Gasteiger partial charge is 0.249 e. The van der Waals surface area contributed by atoms with Crippen molar-refractivity contribution < 1.29 is 25.2 Å². The summed E-state index contributed by atoms with van der Waals surface area (Å²) in [4.78, 5) is 12.4. The Morgan fingerprint density at radius 2 is 1.00 bits per heavy atom. The number of hydrogen-bond donors (Lipinski definition) is 5. The van der Waals surface area contributed by atoms with E-state index in [1.165, 1.54) is 70.6 Å². The second-order valence-corrected chi connectivity index (χ2v) is 12.2. The van der Waals surface area contributed by atoms with E-state index in [2.05, 4.69) is 55.6 Å². The molecule has 0 heterocycles. The summed E-state index contributed by atoms with van der Waals surface area (Å²) in [7, 11) is 0. The van der Waals surface area contributed by atoms with Crippen molar-refractivity contribution in [3.05, 3.63) is 36.5 Å². The molecule has 5 N–H and O–H groups in total. The molecule has 0 aliphatic rings. The highest BCUT2D eigenvalue weighted by Gasteiger charge is 2.28. The van der Waals surface area contributed by atoms with Gasteiger partial charge in [0.2, 0.25) is 5.91 Å². The van der Waals surface area contributed by atoms with Gasteiger partial charge in [0.1, 0.15) is 12.2 Å². The van der Waals surface area contributed by atoms with Gasteiger partial charge in [-0.1, -0.05) is 127 Å². The molecule has 252 valence electrons. The molecule has 0 radical (unpaired) electrons. The van der Waals surface area contributed by atoms with Gasteiger partial charge in [0.15, 0.2) is 0 Å². The van der Waals surface area contributed by atoms with E-state index in [9.17, 15) is 25.2 Å². The minimum absolute atomic E-state index is 0.352. The summed E-state index contributed by atoms with van der Waals surface area (Å²) in [6.07, 6.45) is 34.5. The molecule has 0 aromatic carbocycles. The first-order chi connectivity index (χ1) is 21.0. The number of aliphatic hydroxyl groups is 4. The number of nitrogens with one attached hydrogen (secondary N) is 1. The topological polar surface area (TPSA) is 110 Å². The van der Waals surface area contributed by atoms with Crippen molar-refractivity contribution in [1.29, 1.82) is 0 Å². The monoisotopic (exact) mass is 608 g/mol. The maximum atomic E-state index is 12.4. The fourth-order valence-electron chi connectivity index (χ4n) is 5.10. The van der Waals surface area contributed by atoms with Crippen LogP contribution in [0.1, 0.15) is 162 Å². The molecular formula is C37H69NO5. The van der Waals surface area contributed by atoms with E-state index in [4.69, 9.17) is 0 Å². The number of carbonyl (C=O) groups excluding carboxylic acids is 1. The van der Waals surface area contributed by atoms with Crippen LogP contribution < -0.4 is 5.32 Å². The van der Waals surface area contributed by atoms with Crippen molar-refractivity contribution >= 4 is 5.91 Å². The van der Waals surface area contributed by atoms with Gasteiger partial charge in [0, 0.05) is 0 Å². The predicted octanol–water partition coefficient (Wildman–Crippen LogP) is 8.23. The third-order valence-electron chi connectivity index (χ3n) is 8.05. The molecule has 1 amide bonds. The number of hydrogen-bond acceptors (Lipinski definition) is 5. The highest BCUT2D eigenvalue weighted by Crippen LogP contribution is 2.13. The van der Waals surface area contributed by atoms with Crippen molar-refractivity contribution in [2.24, 2.45) is 0 Å². The second kappa shape index (κ2) is 31.9. The third-order valence-corrected chi connectivity index (χ3v) is 8.05. The lowest BCUT2D eigenvalue weighted by atomic mass is 10.00. The maximum Gasteiger partial charge on any atom is 0.249 e. The van der Waals surface area contributed by atoms with E-state index in [1.807, 2.05) is 0 Å². The molecule has 0 aromatic rings. The van der Waals surface area contributed by atoms with Crippen LogP contribution in [0.25, 0.3) is 0 Å². The van der Waals surface area contributed by atoms with Gasteiger partial charge >= 0.3 is 0 Å². The first-order valence-electron chi connectivity index (χ1n) is 17.9. The Hall–Kier alpha value is -1.47. The maximum absolute atomic E-state index is 12.4. The van der Waals surface area contributed by atoms with Crippen LogP contribution in [-0.2, 0) is 4.79 Å². The molecular weight excluding hydrogens is 538 g/mol. The largest absolute Gasteiger partial charge is 0.394 e. The van der Waals surface area contributed by atoms with Crippen LogP contribution >= 0.6 is 0 Å². The number of rotatable bonds is 31. The first kappa shape index (κ1) is 41.5. The van der Waals surface area contributed by atoms with E-state index in [-0.39, 0.29) is 0 Å². The van der Waals surface area contributed by atoms with E-state index < -0.39 is 36.9 Å². The van der Waals surface area contributed by atoms with Crippen LogP contribution in [0.15, 0.2) is 36.5 Å². The molecule has 0 aliphatic carbocycles. The summed E-state index contributed by atoms with van der Waals surface area (Å²) >= 11 is 0. The van der Waals surface area contributed by atoms with Crippen LogP contribution in [-0.4, -0.2) is 57.3 Å². The zero-order chi connectivity index (χ0) is 31.8. The van der Waals surface area contributed by atoms with Crippen LogP contribution in [0.4, 0.5) is 0 Å². The molecule has 0 spiro atoms.